The molecular formula is C17H21N3O3. The van der Waals surface area contributed by atoms with Crippen molar-refractivity contribution in [2.24, 2.45) is 5.92 Å². The highest BCUT2D eigenvalue weighted by Crippen LogP contribution is 2.19. The molecule has 1 N–H and O–H groups in total. The highest BCUT2D eigenvalue weighted by atomic mass is 16.5. The topological polar surface area (TPSA) is 76.5 Å². The van der Waals surface area contributed by atoms with Gasteiger partial charge in [-0.25, -0.2) is 9.50 Å². The van der Waals surface area contributed by atoms with Crippen molar-refractivity contribution in [2.45, 2.75) is 39.5 Å². The van der Waals surface area contributed by atoms with Gasteiger partial charge in [0.25, 0.3) is 5.56 Å². The molecule has 2 heterocycles. The summed E-state index contributed by atoms with van der Waals surface area (Å²) < 4.78 is 7.05. The Morgan fingerprint density at radius 1 is 1.43 bits per heavy atom. The Hall–Kier alpha value is -2.37. The maximum atomic E-state index is 12.2. The molecule has 1 aliphatic carbocycles. The Labute approximate surface area is 134 Å². The average Bonchev–Trinajstić information content (AvgIpc) is 2.91. The zero-order valence-electron chi connectivity index (χ0n) is 13.5. The van der Waals surface area contributed by atoms with E-state index in [1.165, 1.54) is 6.07 Å². The predicted molar refractivity (Wildman–Crippen MR) is 86.4 cm³/mol. The van der Waals surface area contributed by atoms with Crippen LogP contribution in [-0.2, 0) is 16.0 Å². The van der Waals surface area contributed by atoms with E-state index in [1.807, 2.05) is 13.8 Å². The minimum absolute atomic E-state index is 0.170. The molecule has 2 aromatic rings. The normalized spacial score (nSPS) is 17.6. The number of aryl methyl sites for hydroxylation is 2. The monoisotopic (exact) mass is 315 g/mol. The third-order valence-corrected chi connectivity index (χ3v) is 4.38. The molecule has 1 atom stereocenters. The molecule has 6 nitrogen and oxygen atoms in total. The highest BCUT2D eigenvalue weighted by Gasteiger charge is 2.17. The second-order valence-corrected chi connectivity index (χ2v) is 6.09. The van der Waals surface area contributed by atoms with Gasteiger partial charge in [-0.3, -0.25) is 14.7 Å². The van der Waals surface area contributed by atoms with Gasteiger partial charge in [0.05, 0.1) is 13.0 Å². The van der Waals surface area contributed by atoms with E-state index in [0.717, 1.165) is 36.2 Å². The number of ether oxygens (including phenoxy) is 1. The molecule has 0 aliphatic heterocycles. The van der Waals surface area contributed by atoms with Crippen molar-refractivity contribution >= 4 is 11.6 Å². The van der Waals surface area contributed by atoms with Crippen LogP contribution in [0, 0.1) is 19.8 Å². The minimum Gasteiger partial charge on any atom is -0.465 e. The summed E-state index contributed by atoms with van der Waals surface area (Å²) in [5, 5.41) is 2.69. The molecule has 0 unspecified atom stereocenters. The zero-order valence-corrected chi connectivity index (χ0v) is 13.5. The second kappa shape index (κ2) is 6.40. The lowest BCUT2D eigenvalue weighted by atomic mass is 9.95. The molecule has 0 amide bonds. The number of carbonyl (C=O) groups is 1. The Bertz CT molecular complexity index is 816. The van der Waals surface area contributed by atoms with Crippen LogP contribution in [0.15, 0.2) is 23.0 Å². The molecule has 0 saturated heterocycles. The van der Waals surface area contributed by atoms with Crippen molar-refractivity contribution in [3.05, 3.63) is 45.5 Å². The van der Waals surface area contributed by atoms with Crippen LogP contribution in [0.4, 0.5) is 0 Å². The largest absolute Gasteiger partial charge is 0.465 e. The number of fused-ring (bicyclic) bond motifs is 1. The number of H-pyrrole nitrogens is 1. The quantitative estimate of drug-likeness (QED) is 0.692. The minimum atomic E-state index is -0.249. The first-order chi connectivity index (χ1) is 11.0. The summed E-state index contributed by atoms with van der Waals surface area (Å²) in [5.41, 5.74) is 2.73. The average molecular weight is 315 g/mol. The highest BCUT2D eigenvalue weighted by molar-refractivity contribution is 5.73. The van der Waals surface area contributed by atoms with Crippen LogP contribution in [0.1, 0.15) is 36.2 Å². The molecule has 6 heteroatoms. The van der Waals surface area contributed by atoms with Gasteiger partial charge >= 0.3 is 5.97 Å². The van der Waals surface area contributed by atoms with E-state index in [-0.39, 0.29) is 17.9 Å². The number of hydrogen-bond acceptors (Lipinski definition) is 4. The molecule has 23 heavy (non-hydrogen) atoms. The number of aromatic nitrogens is 3. The van der Waals surface area contributed by atoms with Gasteiger partial charge in [0.2, 0.25) is 0 Å². The SMILES string of the molecule is Cc1nc2cc(=O)[nH]n2c(C)c1CC(=O)OC[C@@H]1CC=CCC1. The summed E-state index contributed by atoms with van der Waals surface area (Å²) in [6.45, 7) is 4.18. The maximum absolute atomic E-state index is 12.2. The zero-order chi connectivity index (χ0) is 16.4. The van der Waals surface area contributed by atoms with E-state index in [2.05, 4.69) is 22.2 Å². The van der Waals surface area contributed by atoms with E-state index >= 15 is 0 Å². The summed E-state index contributed by atoms with van der Waals surface area (Å²) in [6.07, 6.45) is 7.59. The lowest BCUT2D eigenvalue weighted by Gasteiger charge is -2.18. The van der Waals surface area contributed by atoms with Crippen molar-refractivity contribution in [1.29, 1.82) is 0 Å². The molecule has 0 radical (unpaired) electrons. The van der Waals surface area contributed by atoms with Gasteiger partial charge in [-0.1, -0.05) is 12.2 Å². The Morgan fingerprint density at radius 3 is 3.00 bits per heavy atom. The number of carbonyl (C=O) groups excluding carboxylic acids is 1. The van der Waals surface area contributed by atoms with Gasteiger partial charge in [-0.05, 0) is 39.0 Å². The van der Waals surface area contributed by atoms with Crippen molar-refractivity contribution < 1.29 is 9.53 Å². The first kappa shape index (κ1) is 15.5. The van der Waals surface area contributed by atoms with Crippen LogP contribution in [-0.4, -0.2) is 27.2 Å². The van der Waals surface area contributed by atoms with E-state index in [1.54, 1.807) is 4.52 Å². The van der Waals surface area contributed by atoms with Gasteiger partial charge < -0.3 is 4.74 Å². The third-order valence-electron chi connectivity index (χ3n) is 4.38. The van der Waals surface area contributed by atoms with Gasteiger partial charge in [-0.2, -0.15) is 0 Å². The summed E-state index contributed by atoms with van der Waals surface area (Å²) in [6, 6.07) is 1.44. The molecule has 122 valence electrons. The van der Waals surface area contributed by atoms with Crippen molar-refractivity contribution in [3.63, 3.8) is 0 Å². The van der Waals surface area contributed by atoms with E-state index in [4.69, 9.17) is 4.74 Å². The molecule has 0 fully saturated rings. The fraction of sp³-hybridized carbons (Fsp3) is 0.471. The molecule has 0 bridgehead atoms. The van der Waals surface area contributed by atoms with Crippen LogP contribution in [0.25, 0.3) is 5.65 Å². The van der Waals surface area contributed by atoms with Crippen LogP contribution in [0.2, 0.25) is 0 Å². The molecule has 1 aliphatic rings. The van der Waals surface area contributed by atoms with E-state index in [9.17, 15) is 9.59 Å². The van der Waals surface area contributed by atoms with E-state index < -0.39 is 0 Å². The second-order valence-electron chi connectivity index (χ2n) is 6.09. The van der Waals surface area contributed by atoms with Crippen LogP contribution in [0.5, 0.6) is 0 Å². The maximum Gasteiger partial charge on any atom is 0.310 e. The summed E-state index contributed by atoms with van der Waals surface area (Å²) in [4.78, 5) is 28.0. The smallest absolute Gasteiger partial charge is 0.310 e. The number of nitrogens with one attached hydrogen (secondary N) is 1. The van der Waals surface area contributed by atoms with Crippen molar-refractivity contribution in [3.8, 4) is 0 Å². The molecular weight excluding hydrogens is 294 g/mol. The lowest BCUT2D eigenvalue weighted by molar-refractivity contribution is -0.144. The van der Waals surface area contributed by atoms with E-state index in [0.29, 0.717) is 18.2 Å². The predicted octanol–water partition coefficient (Wildman–Crippen LogP) is 2.08. The lowest BCUT2D eigenvalue weighted by Crippen LogP contribution is -2.18. The number of hydrogen-bond donors (Lipinski definition) is 1. The number of esters is 1. The Balaban J connectivity index is 1.71. The van der Waals surface area contributed by atoms with Crippen molar-refractivity contribution in [2.75, 3.05) is 6.61 Å². The first-order valence-corrected chi connectivity index (χ1v) is 7.93. The van der Waals surface area contributed by atoms with Gasteiger partial charge in [0, 0.05) is 23.0 Å². The number of allylic oxidation sites excluding steroid dienone is 2. The molecule has 0 saturated carbocycles. The third kappa shape index (κ3) is 3.36. The first-order valence-electron chi connectivity index (χ1n) is 7.93. The van der Waals surface area contributed by atoms with Crippen LogP contribution in [0.3, 0.4) is 0 Å². The fourth-order valence-corrected chi connectivity index (χ4v) is 3.03. The molecule has 2 aromatic heterocycles. The molecule has 3 rings (SSSR count). The van der Waals surface area contributed by atoms with Gasteiger partial charge in [0.15, 0.2) is 5.65 Å². The van der Waals surface area contributed by atoms with Crippen LogP contribution < -0.4 is 5.56 Å². The van der Waals surface area contributed by atoms with Gasteiger partial charge in [-0.15, -0.1) is 0 Å². The summed E-state index contributed by atoms with van der Waals surface area (Å²) >= 11 is 0. The Kier molecular flexibility index (Phi) is 4.32. The fourth-order valence-electron chi connectivity index (χ4n) is 3.03. The van der Waals surface area contributed by atoms with Crippen LogP contribution >= 0.6 is 0 Å². The standard InChI is InChI=1S/C17H21N3O3/c1-11-14(12(2)20-15(18-11)9-16(21)19-20)8-17(22)23-10-13-6-4-3-5-7-13/h3-4,9,13H,5-8,10H2,1-2H3,(H,19,21)/t13-/m1/s1. The molecule has 0 aromatic carbocycles. The molecule has 0 spiro atoms. The summed E-state index contributed by atoms with van der Waals surface area (Å²) in [7, 11) is 0. The number of rotatable bonds is 4. The summed E-state index contributed by atoms with van der Waals surface area (Å²) in [5.74, 6) is 0.175. The van der Waals surface area contributed by atoms with Crippen molar-refractivity contribution in [1.82, 2.24) is 14.6 Å². The number of aromatic amines is 1. The van der Waals surface area contributed by atoms with Gasteiger partial charge in [0.1, 0.15) is 0 Å². The number of nitrogens with zero attached hydrogens (tertiary/aromatic N) is 2. The Morgan fingerprint density at radius 2 is 2.26 bits per heavy atom.